The molecule has 1 aliphatic heterocycles. The zero-order valence-corrected chi connectivity index (χ0v) is 23.3. The SMILES string of the molecule is CCOc1ccc([C@H](CC(=O)N2CCN(CC)CC2)c2cn(Cc3ccc(OC)cc3)c3ccccc23)cc1. The Kier molecular flexibility index (Phi) is 8.52. The van der Waals surface area contributed by atoms with Gasteiger partial charge in [-0.15, -0.1) is 0 Å². The van der Waals surface area contributed by atoms with Crippen molar-refractivity contribution in [2.45, 2.75) is 32.7 Å². The molecule has 1 aromatic heterocycles. The molecule has 0 bridgehead atoms. The average Bonchev–Trinajstić information content (AvgIpc) is 3.35. The Morgan fingerprint density at radius 1 is 0.872 bits per heavy atom. The van der Waals surface area contributed by atoms with E-state index in [-0.39, 0.29) is 11.8 Å². The van der Waals surface area contributed by atoms with E-state index < -0.39 is 0 Å². The number of piperazine rings is 1. The number of amides is 1. The van der Waals surface area contributed by atoms with Gasteiger partial charge in [0, 0.05) is 62.2 Å². The van der Waals surface area contributed by atoms with Gasteiger partial charge in [0.2, 0.25) is 5.91 Å². The van der Waals surface area contributed by atoms with Gasteiger partial charge in [0.15, 0.2) is 0 Å². The van der Waals surface area contributed by atoms with Crippen molar-refractivity contribution in [3.05, 3.63) is 95.7 Å². The van der Waals surface area contributed by atoms with Crippen molar-refractivity contribution in [3.63, 3.8) is 0 Å². The van der Waals surface area contributed by atoms with Crippen molar-refractivity contribution < 1.29 is 14.3 Å². The summed E-state index contributed by atoms with van der Waals surface area (Å²) in [6.07, 6.45) is 2.69. The maximum atomic E-state index is 13.7. The van der Waals surface area contributed by atoms with Gasteiger partial charge in [-0.3, -0.25) is 4.79 Å². The maximum absolute atomic E-state index is 13.7. The smallest absolute Gasteiger partial charge is 0.223 e. The monoisotopic (exact) mass is 525 g/mol. The molecule has 39 heavy (non-hydrogen) atoms. The number of hydrogen-bond donors (Lipinski definition) is 0. The van der Waals surface area contributed by atoms with Crippen molar-refractivity contribution in [3.8, 4) is 11.5 Å². The number of ether oxygens (including phenoxy) is 2. The molecule has 1 fully saturated rings. The lowest BCUT2D eigenvalue weighted by molar-refractivity contribution is -0.133. The van der Waals surface area contributed by atoms with Crippen LogP contribution in [-0.2, 0) is 11.3 Å². The first-order chi connectivity index (χ1) is 19.1. The van der Waals surface area contributed by atoms with E-state index in [1.807, 2.05) is 36.1 Å². The number of likely N-dealkylation sites (N-methyl/N-ethyl adjacent to an activating group) is 1. The first-order valence-electron chi connectivity index (χ1n) is 14.0. The fourth-order valence-electron chi connectivity index (χ4n) is 5.60. The molecule has 0 unspecified atom stereocenters. The Hall–Kier alpha value is -3.77. The second kappa shape index (κ2) is 12.4. The highest BCUT2D eigenvalue weighted by molar-refractivity contribution is 5.87. The van der Waals surface area contributed by atoms with Gasteiger partial charge < -0.3 is 23.8 Å². The molecule has 1 saturated heterocycles. The van der Waals surface area contributed by atoms with E-state index in [0.29, 0.717) is 13.0 Å². The van der Waals surface area contributed by atoms with Crippen molar-refractivity contribution in [2.75, 3.05) is 46.4 Å². The summed E-state index contributed by atoms with van der Waals surface area (Å²) in [6, 6.07) is 25.0. The number of benzene rings is 3. The summed E-state index contributed by atoms with van der Waals surface area (Å²) in [5.41, 5.74) is 4.68. The van der Waals surface area contributed by atoms with Crippen LogP contribution in [0.2, 0.25) is 0 Å². The van der Waals surface area contributed by atoms with Gasteiger partial charge >= 0.3 is 0 Å². The van der Waals surface area contributed by atoms with Crippen LogP contribution in [0.25, 0.3) is 10.9 Å². The quantitative estimate of drug-likeness (QED) is 0.263. The summed E-state index contributed by atoms with van der Waals surface area (Å²) in [6.45, 7) is 10.0. The fraction of sp³-hybridized carbons (Fsp3) is 0.364. The Balaban J connectivity index is 1.50. The summed E-state index contributed by atoms with van der Waals surface area (Å²) in [5, 5.41) is 1.19. The van der Waals surface area contributed by atoms with Crippen molar-refractivity contribution in [2.24, 2.45) is 0 Å². The number of aromatic nitrogens is 1. The van der Waals surface area contributed by atoms with Crippen LogP contribution >= 0.6 is 0 Å². The summed E-state index contributed by atoms with van der Waals surface area (Å²) in [5.74, 6) is 1.87. The molecular weight excluding hydrogens is 486 g/mol. The van der Waals surface area contributed by atoms with Crippen LogP contribution in [0, 0.1) is 0 Å². The topological polar surface area (TPSA) is 46.9 Å². The average molecular weight is 526 g/mol. The summed E-state index contributed by atoms with van der Waals surface area (Å²) >= 11 is 0. The molecule has 3 aromatic carbocycles. The normalized spacial score (nSPS) is 14.9. The molecule has 0 radical (unpaired) electrons. The number of hydrogen-bond acceptors (Lipinski definition) is 4. The Labute approximate surface area is 231 Å². The van der Waals surface area contributed by atoms with E-state index in [1.54, 1.807) is 7.11 Å². The lowest BCUT2D eigenvalue weighted by Crippen LogP contribution is -2.48. The van der Waals surface area contributed by atoms with Gasteiger partial charge in [0.25, 0.3) is 0 Å². The van der Waals surface area contributed by atoms with Gasteiger partial charge in [0.1, 0.15) is 11.5 Å². The molecule has 1 amide bonds. The minimum absolute atomic E-state index is 0.0561. The molecule has 1 aliphatic rings. The summed E-state index contributed by atoms with van der Waals surface area (Å²) in [7, 11) is 1.69. The lowest BCUT2D eigenvalue weighted by atomic mass is 9.87. The van der Waals surface area contributed by atoms with Crippen LogP contribution in [-0.4, -0.2) is 66.7 Å². The summed E-state index contributed by atoms with van der Waals surface area (Å²) < 4.78 is 13.4. The van der Waals surface area contributed by atoms with Gasteiger partial charge in [-0.25, -0.2) is 0 Å². The molecule has 0 saturated carbocycles. The van der Waals surface area contributed by atoms with Crippen LogP contribution in [0.3, 0.4) is 0 Å². The van der Waals surface area contributed by atoms with Gasteiger partial charge in [-0.1, -0.05) is 49.4 Å². The van der Waals surface area contributed by atoms with E-state index in [1.165, 1.54) is 22.0 Å². The number of nitrogens with zero attached hydrogens (tertiary/aromatic N) is 3. The van der Waals surface area contributed by atoms with E-state index in [4.69, 9.17) is 9.47 Å². The zero-order valence-electron chi connectivity index (χ0n) is 23.3. The molecule has 6 nitrogen and oxygen atoms in total. The molecule has 4 aromatic rings. The molecule has 5 rings (SSSR count). The van der Waals surface area contributed by atoms with Crippen molar-refractivity contribution >= 4 is 16.8 Å². The second-order valence-corrected chi connectivity index (χ2v) is 10.2. The number of para-hydroxylation sites is 1. The largest absolute Gasteiger partial charge is 0.497 e. The van der Waals surface area contributed by atoms with Crippen molar-refractivity contribution in [1.82, 2.24) is 14.4 Å². The third-order valence-electron chi connectivity index (χ3n) is 7.85. The first kappa shape index (κ1) is 26.8. The molecule has 0 N–H and O–H groups in total. The molecule has 0 aliphatic carbocycles. The number of fused-ring (bicyclic) bond motifs is 1. The van der Waals surface area contributed by atoms with E-state index >= 15 is 0 Å². The molecule has 2 heterocycles. The van der Waals surface area contributed by atoms with Gasteiger partial charge in [-0.05, 0) is 60.5 Å². The highest BCUT2D eigenvalue weighted by Gasteiger charge is 2.27. The van der Waals surface area contributed by atoms with Crippen LogP contribution in [0.4, 0.5) is 0 Å². The first-order valence-corrected chi connectivity index (χ1v) is 14.0. The van der Waals surface area contributed by atoms with Gasteiger partial charge in [0.05, 0.1) is 13.7 Å². The molecule has 0 spiro atoms. The lowest BCUT2D eigenvalue weighted by Gasteiger charge is -2.35. The second-order valence-electron chi connectivity index (χ2n) is 10.2. The standard InChI is InChI=1S/C33H39N3O3/c1-4-34-18-20-35(21-19-34)33(37)22-30(26-12-16-28(17-13-26)39-5-2)31-24-36(32-9-7-6-8-29(31)32)23-25-10-14-27(38-3)15-11-25/h6-17,24,30H,4-5,18-23H2,1-3H3/t30-/m0/s1. The molecular formula is C33H39N3O3. The third-order valence-corrected chi connectivity index (χ3v) is 7.85. The van der Waals surface area contributed by atoms with Crippen LogP contribution in [0.5, 0.6) is 11.5 Å². The van der Waals surface area contributed by atoms with E-state index in [0.717, 1.165) is 56.3 Å². The number of methoxy groups -OCH3 is 1. The minimum Gasteiger partial charge on any atom is -0.497 e. The molecule has 204 valence electrons. The molecule has 6 heteroatoms. The maximum Gasteiger partial charge on any atom is 0.223 e. The van der Waals surface area contributed by atoms with E-state index in [9.17, 15) is 4.79 Å². The predicted octanol–water partition coefficient (Wildman–Crippen LogP) is 5.78. The van der Waals surface area contributed by atoms with Crippen LogP contribution in [0.1, 0.15) is 42.9 Å². The molecule has 1 atom stereocenters. The van der Waals surface area contributed by atoms with Gasteiger partial charge in [-0.2, -0.15) is 0 Å². The highest BCUT2D eigenvalue weighted by Crippen LogP contribution is 2.36. The number of carbonyl (C=O) groups excluding carboxylic acids is 1. The Morgan fingerprint density at radius 3 is 2.23 bits per heavy atom. The van der Waals surface area contributed by atoms with E-state index in [2.05, 4.69) is 71.1 Å². The van der Waals surface area contributed by atoms with Crippen LogP contribution in [0.15, 0.2) is 79.0 Å². The Bertz CT molecular complexity index is 1370. The van der Waals surface area contributed by atoms with Crippen molar-refractivity contribution in [1.29, 1.82) is 0 Å². The summed E-state index contributed by atoms with van der Waals surface area (Å²) in [4.78, 5) is 18.1. The highest BCUT2D eigenvalue weighted by atomic mass is 16.5. The third kappa shape index (κ3) is 6.12. The number of carbonyl (C=O) groups is 1. The minimum atomic E-state index is -0.0561. The zero-order chi connectivity index (χ0) is 27.2. The predicted molar refractivity (Wildman–Crippen MR) is 157 cm³/mol. The fourth-order valence-corrected chi connectivity index (χ4v) is 5.60. The Morgan fingerprint density at radius 2 is 1.56 bits per heavy atom. The number of rotatable bonds is 10. The van der Waals surface area contributed by atoms with Crippen LogP contribution < -0.4 is 9.47 Å².